The Labute approximate surface area is 170 Å². The number of hydrogen-bond donors (Lipinski definition) is 2. The van der Waals surface area contributed by atoms with Crippen molar-refractivity contribution < 1.29 is 24.0 Å². The van der Waals surface area contributed by atoms with Crippen LogP contribution in [-0.2, 0) is 4.74 Å². The largest absolute Gasteiger partial charge is 0.491 e. The molecule has 0 aliphatic heterocycles. The molecule has 0 unspecified atom stereocenters. The molecule has 0 saturated heterocycles. The van der Waals surface area contributed by atoms with Crippen LogP contribution in [0.5, 0.6) is 5.75 Å². The van der Waals surface area contributed by atoms with Gasteiger partial charge in [0.1, 0.15) is 12.4 Å². The number of nitro groups is 1. The van der Waals surface area contributed by atoms with Gasteiger partial charge in [-0.05, 0) is 30.3 Å². The summed E-state index contributed by atoms with van der Waals surface area (Å²) in [6, 6.07) is 12.0. The molecule has 2 N–H and O–H groups in total. The third kappa shape index (κ3) is 5.16. The summed E-state index contributed by atoms with van der Waals surface area (Å²) in [4.78, 5) is 18.1. The first kappa shape index (κ1) is 20.9. The van der Waals surface area contributed by atoms with Gasteiger partial charge in [0, 0.05) is 24.9 Å². The zero-order chi connectivity index (χ0) is 21.5. The lowest BCUT2D eigenvalue weighted by molar-refractivity contribution is -0.384. The Morgan fingerprint density at radius 3 is 2.70 bits per heavy atom. The molecule has 0 aliphatic rings. The minimum Gasteiger partial charge on any atom is -0.491 e. The molecule has 0 aliphatic carbocycles. The number of aromatic nitrogens is 2. The van der Waals surface area contributed by atoms with Gasteiger partial charge in [-0.25, -0.2) is 14.4 Å². The Kier molecular flexibility index (Phi) is 6.67. The molecular formula is C19H18FN5O5. The quantitative estimate of drug-likeness (QED) is 0.305. The Balaban J connectivity index is 1.76. The molecule has 1 aromatic heterocycles. The number of methoxy groups -OCH3 is 1. The van der Waals surface area contributed by atoms with Gasteiger partial charge >= 0.3 is 0 Å². The summed E-state index contributed by atoms with van der Waals surface area (Å²) in [6.07, 6.45) is 0.882. The van der Waals surface area contributed by atoms with Crippen LogP contribution >= 0.6 is 0 Å². The minimum atomic E-state index is -0.906. The molecule has 0 radical (unpaired) electrons. The van der Waals surface area contributed by atoms with Crippen molar-refractivity contribution in [3.05, 3.63) is 70.7 Å². The van der Waals surface area contributed by atoms with Crippen LogP contribution in [-0.4, -0.2) is 40.4 Å². The predicted molar refractivity (Wildman–Crippen MR) is 106 cm³/mol. The Hall–Kier alpha value is -3.83. The standard InChI is InChI=1S/C19H18FN5O5/c1-29-9-10-30-16-7-5-13(6-8-16)22-19-21-12-17(20)18(23-19)24(26)14-3-2-4-15(11-14)25(27)28/h2-8,11-12,26H,9-10H2,1H3,(H,21,22,23). The van der Waals surface area contributed by atoms with E-state index in [1.807, 2.05) is 0 Å². The van der Waals surface area contributed by atoms with Crippen LogP contribution in [0.4, 0.5) is 33.2 Å². The summed E-state index contributed by atoms with van der Waals surface area (Å²) in [5, 5.41) is 24.6. The first-order valence-electron chi connectivity index (χ1n) is 8.73. The molecule has 3 rings (SSSR count). The molecular weight excluding hydrogens is 397 g/mol. The second kappa shape index (κ2) is 9.58. The number of anilines is 4. The number of halogens is 1. The van der Waals surface area contributed by atoms with E-state index in [1.54, 1.807) is 31.4 Å². The second-order valence-electron chi connectivity index (χ2n) is 5.94. The zero-order valence-corrected chi connectivity index (χ0v) is 15.9. The van der Waals surface area contributed by atoms with Gasteiger partial charge < -0.3 is 14.8 Å². The summed E-state index contributed by atoms with van der Waals surface area (Å²) in [5.74, 6) is -0.710. The fraction of sp³-hybridized carbons (Fsp3) is 0.158. The Morgan fingerprint density at radius 2 is 2.00 bits per heavy atom. The topological polar surface area (TPSA) is 123 Å². The van der Waals surface area contributed by atoms with Crippen LogP contribution in [0.1, 0.15) is 0 Å². The zero-order valence-electron chi connectivity index (χ0n) is 15.9. The third-order valence-electron chi connectivity index (χ3n) is 3.88. The second-order valence-corrected chi connectivity index (χ2v) is 5.94. The van der Waals surface area contributed by atoms with Crippen molar-refractivity contribution in [1.82, 2.24) is 9.97 Å². The van der Waals surface area contributed by atoms with Crippen molar-refractivity contribution in [2.75, 3.05) is 30.7 Å². The SMILES string of the molecule is COCCOc1ccc(Nc2ncc(F)c(N(O)c3cccc([N+](=O)[O-])c3)n2)cc1. The van der Waals surface area contributed by atoms with Gasteiger partial charge in [0.05, 0.1) is 23.4 Å². The summed E-state index contributed by atoms with van der Waals surface area (Å²) in [7, 11) is 1.58. The summed E-state index contributed by atoms with van der Waals surface area (Å²) >= 11 is 0. The average Bonchev–Trinajstić information content (AvgIpc) is 2.76. The van der Waals surface area contributed by atoms with E-state index in [2.05, 4.69) is 15.3 Å². The van der Waals surface area contributed by atoms with E-state index in [0.717, 1.165) is 12.3 Å². The van der Waals surface area contributed by atoms with E-state index < -0.39 is 16.6 Å². The van der Waals surface area contributed by atoms with Gasteiger partial charge in [0.2, 0.25) is 5.95 Å². The number of nitrogens with one attached hydrogen (secondary N) is 1. The van der Waals surface area contributed by atoms with Crippen molar-refractivity contribution in [3.8, 4) is 5.75 Å². The minimum absolute atomic E-state index is 0.0175. The molecule has 0 atom stereocenters. The maximum absolute atomic E-state index is 14.2. The number of benzene rings is 2. The fourth-order valence-electron chi connectivity index (χ4n) is 2.43. The van der Waals surface area contributed by atoms with E-state index in [0.29, 0.717) is 29.7 Å². The van der Waals surface area contributed by atoms with Crippen LogP contribution in [0.2, 0.25) is 0 Å². The molecule has 0 bridgehead atoms. The summed E-state index contributed by atoms with van der Waals surface area (Å²) < 4.78 is 24.6. The lowest BCUT2D eigenvalue weighted by atomic mass is 10.3. The molecule has 0 saturated carbocycles. The highest BCUT2D eigenvalue weighted by Crippen LogP contribution is 2.28. The van der Waals surface area contributed by atoms with Gasteiger partial charge in [-0.2, -0.15) is 4.98 Å². The number of rotatable bonds is 9. The third-order valence-corrected chi connectivity index (χ3v) is 3.88. The molecule has 3 aromatic rings. The normalized spacial score (nSPS) is 10.5. The van der Waals surface area contributed by atoms with Gasteiger partial charge in [-0.15, -0.1) is 0 Å². The molecule has 10 nitrogen and oxygen atoms in total. The number of ether oxygens (including phenoxy) is 2. The molecule has 0 spiro atoms. The lowest BCUT2D eigenvalue weighted by Crippen LogP contribution is -2.15. The molecule has 156 valence electrons. The number of nitro benzene ring substituents is 1. The van der Waals surface area contributed by atoms with E-state index >= 15 is 0 Å². The van der Waals surface area contributed by atoms with Crippen molar-refractivity contribution in [2.45, 2.75) is 0 Å². The first-order chi connectivity index (χ1) is 14.5. The van der Waals surface area contributed by atoms with E-state index in [1.165, 1.54) is 18.2 Å². The van der Waals surface area contributed by atoms with Crippen molar-refractivity contribution in [1.29, 1.82) is 0 Å². The van der Waals surface area contributed by atoms with Crippen LogP contribution in [0, 0.1) is 15.9 Å². The van der Waals surface area contributed by atoms with Crippen LogP contribution in [0.25, 0.3) is 0 Å². The molecule has 2 aromatic carbocycles. The highest BCUT2D eigenvalue weighted by molar-refractivity contribution is 5.62. The highest BCUT2D eigenvalue weighted by Gasteiger charge is 2.18. The van der Waals surface area contributed by atoms with Crippen molar-refractivity contribution in [3.63, 3.8) is 0 Å². The van der Waals surface area contributed by atoms with Gasteiger partial charge in [-0.3, -0.25) is 15.3 Å². The lowest BCUT2D eigenvalue weighted by Gasteiger charge is -2.17. The van der Waals surface area contributed by atoms with Gasteiger partial charge in [0.25, 0.3) is 5.69 Å². The van der Waals surface area contributed by atoms with Crippen molar-refractivity contribution in [2.24, 2.45) is 0 Å². The van der Waals surface area contributed by atoms with Crippen LogP contribution in [0.3, 0.4) is 0 Å². The van der Waals surface area contributed by atoms with E-state index in [4.69, 9.17) is 9.47 Å². The van der Waals surface area contributed by atoms with E-state index in [9.17, 15) is 19.7 Å². The summed E-state index contributed by atoms with van der Waals surface area (Å²) in [5.41, 5.74) is 0.323. The van der Waals surface area contributed by atoms with Crippen LogP contribution < -0.4 is 15.1 Å². The van der Waals surface area contributed by atoms with E-state index in [-0.39, 0.29) is 17.3 Å². The summed E-state index contributed by atoms with van der Waals surface area (Å²) in [6.45, 7) is 0.881. The van der Waals surface area contributed by atoms with Gasteiger partial charge in [-0.1, -0.05) is 6.07 Å². The monoisotopic (exact) mass is 415 g/mol. The maximum atomic E-state index is 14.2. The number of non-ortho nitro benzene ring substituents is 1. The molecule has 0 fully saturated rings. The number of hydrogen-bond acceptors (Lipinski definition) is 9. The fourth-order valence-corrected chi connectivity index (χ4v) is 2.43. The molecule has 0 amide bonds. The first-order valence-corrected chi connectivity index (χ1v) is 8.73. The highest BCUT2D eigenvalue weighted by atomic mass is 19.1. The smallest absolute Gasteiger partial charge is 0.271 e. The molecule has 1 heterocycles. The molecule has 11 heteroatoms. The maximum Gasteiger partial charge on any atom is 0.271 e. The number of nitrogens with zero attached hydrogens (tertiary/aromatic N) is 4. The van der Waals surface area contributed by atoms with Crippen LogP contribution in [0.15, 0.2) is 54.7 Å². The average molecular weight is 415 g/mol. The predicted octanol–water partition coefficient (Wildman–Crippen LogP) is 3.82. The molecule has 30 heavy (non-hydrogen) atoms. The van der Waals surface area contributed by atoms with Crippen molar-refractivity contribution >= 4 is 28.8 Å². The Bertz CT molecular complexity index is 1020. The Morgan fingerprint density at radius 1 is 1.23 bits per heavy atom. The van der Waals surface area contributed by atoms with Gasteiger partial charge in [0.15, 0.2) is 11.6 Å².